The zero-order chi connectivity index (χ0) is 20.5. The first-order chi connectivity index (χ1) is 13.9. The van der Waals surface area contributed by atoms with Gasteiger partial charge in [0.05, 0.1) is 5.71 Å². The number of rotatable bonds is 5. The molecule has 5 nitrogen and oxygen atoms in total. The maximum Gasteiger partial charge on any atom is 0.246 e. The Hall–Kier alpha value is -1.88. The summed E-state index contributed by atoms with van der Waals surface area (Å²) in [6, 6.07) is 9.21. The lowest BCUT2D eigenvalue weighted by molar-refractivity contribution is -0.138. The highest BCUT2D eigenvalue weighted by molar-refractivity contribution is 6.06. The van der Waals surface area contributed by atoms with Gasteiger partial charge in [-0.15, -0.1) is 0 Å². The van der Waals surface area contributed by atoms with Crippen LogP contribution in [0.5, 0.6) is 5.75 Å². The largest absolute Gasteiger partial charge is 0.490 e. The van der Waals surface area contributed by atoms with E-state index in [2.05, 4.69) is 36.1 Å². The maximum absolute atomic E-state index is 12.5. The Morgan fingerprint density at radius 1 is 1.00 bits per heavy atom. The van der Waals surface area contributed by atoms with E-state index in [1.807, 2.05) is 20.8 Å². The Bertz CT molecular complexity index is 746. The summed E-state index contributed by atoms with van der Waals surface area (Å²) in [5.74, 6) is 1.11. The zero-order valence-electron chi connectivity index (χ0n) is 18.3. The molecule has 2 heterocycles. The van der Waals surface area contributed by atoms with Gasteiger partial charge < -0.3 is 9.64 Å². The lowest BCUT2D eigenvalue weighted by Crippen LogP contribution is -2.46. The standard InChI is InChI=1S/C24H35N3O2/c1-16(2)27-24(28)18(4)17(3)23(25-27)19-8-10-21(11-9-19)29-22-12-14-26(15-13-22)20-6-5-7-20/h8-11,16-18,20,22H,5-7,12-15H2,1-4H3. The fourth-order valence-electron chi connectivity index (χ4n) is 4.61. The van der Waals surface area contributed by atoms with E-state index >= 15 is 0 Å². The summed E-state index contributed by atoms with van der Waals surface area (Å²) in [7, 11) is 0. The molecule has 1 amide bonds. The van der Waals surface area contributed by atoms with Gasteiger partial charge in [0.15, 0.2) is 0 Å². The van der Waals surface area contributed by atoms with E-state index in [-0.39, 0.29) is 23.8 Å². The predicted octanol–water partition coefficient (Wildman–Crippen LogP) is 4.31. The van der Waals surface area contributed by atoms with Crippen LogP contribution in [0.1, 0.15) is 65.4 Å². The molecule has 1 aliphatic carbocycles. The van der Waals surface area contributed by atoms with Gasteiger partial charge in [-0.1, -0.05) is 20.3 Å². The van der Waals surface area contributed by atoms with Gasteiger partial charge in [-0.3, -0.25) is 4.79 Å². The molecule has 2 fully saturated rings. The summed E-state index contributed by atoms with van der Waals surface area (Å²) in [5.41, 5.74) is 2.07. The first-order valence-electron chi connectivity index (χ1n) is 11.4. The fraction of sp³-hybridized carbons (Fsp3) is 0.667. The van der Waals surface area contributed by atoms with Gasteiger partial charge in [0.2, 0.25) is 5.91 Å². The van der Waals surface area contributed by atoms with Crippen molar-refractivity contribution in [1.82, 2.24) is 9.91 Å². The van der Waals surface area contributed by atoms with Crippen molar-refractivity contribution in [3.8, 4) is 5.75 Å². The number of nitrogens with zero attached hydrogens (tertiary/aromatic N) is 3. The normalized spacial score (nSPS) is 27.1. The van der Waals surface area contributed by atoms with E-state index in [1.54, 1.807) is 5.01 Å². The number of amides is 1. The Balaban J connectivity index is 1.40. The molecule has 29 heavy (non-hydrogen) atoms. The molecule has 3 aliphatic rings. The Kier molecular flexibility index (Phi) is 5.95. The molecule has 2 aliphatic heterocycles. The topological polar surface area (TPSA) is 45.1 Å². The molecular weight excluding hydrogens is 362 g/mol. The van der Waals surface area contributed by atoms with Crippen LogP contribution < -0.4 is 4.74 Å². The van der Waals surface area contributed by atoms with Gasteiger partial charge >= 0.3 is 0 Å². The van der Waals surface area contributed by atoms with Crippen molar-refractivity contribution < 1.29 is 9.53 Å². The highest BCUT2D eigenvalue weighted by atomic mass is 16.5. The SMILES string of the molecule is CC1C(=O)N(C(C)C)N=C(c2ccc(OC3CCN(C4CCC4)CC3)cc2)C1C. The third-order valence-corrected chi connectivity index (χ3v) is 7.02. The number of carbonyl (C=O) groups excluding carboxylic acids is 1. The quantitative estimate of drug-likeness (QED) is 0.744. The van der Waals surface area contributed by atoms with Crippen molar-refractivity contribution in [2.75, 3.05) is 13.1 Å². The minimum Gasteiger partial charge on any atom is -0.490 e. The number of likely N-dealkylation sites (tertiary alicyclic amines) is 1. The number of hydrogen-bond donors (Lipinski definition) is 0. The van der Waals surface area contributed by atoms with Crippen LogP contribution in [0.4, 0.5) is 0 Å². The monoisotopic (exact) mass is 397 g/mol. The third-order valence-electron chi connectivity index (χ3n) is 7.02. The van der Waals surface area contributed by atoms with Gasteiger partial charge in [-0.25, -0.2) is 5.01 Å². The maximum atomic E-state index is 12.5. The second-order valence-electron chi connectivity index (χ2n) is 9.30. The molecular formula is C24H35N3O2. The summed E-state index contributed by atoms with van der Waals surface area (Å²) in [6.45, 7) is 10.4. The van der Waals surface area contributed by atoms with Crippen molar-refractivity contribution in [3.05, 3.63) is 29.8 Å². The number of ether oxygens (including phenoxy) is 1. The molecule has 1 aromatic rings. The second kappa shape index (κ2) is 8.47. The molecule has 2 atom stereocenters. The molecule has 0 N–H and O–H groups in total. The Morgan fingerprint density at radius 3 is 2.21 bits per heavy atom. The summed E-state index contributed by atoms with van der Waals surface area (Å²) >= 11 is 0. The first kappa shape index (κ1) is 20.4. The second-order valence-corrected chi connectivity index (χ2v) is 9.30. The first-order valence-corrected chi connectivity index (χ1v) is 11.4. The molecule has 4 rings (SSSR count). The average molecular weight is 398 g/mol. The smallest absolute Gasteiger partial charge is 0.246 e. The van der Waals surface area contributed by atoms with Crippen molar-refractivity contribution in [2.45, 2.75) is 78.0 Å². The number of carbonyl (C=O) groups is 1. The number of benzene rings is 1. The van der Waals surface area contributed by atoms with Crippen molar-refractivity contribution in [3.63, 3.8) is 0 Å². The molecule has 0 radical (unpaired) electrons. The van der Waals surface area contributed by atoms with E-state index in [1.165, 1.54) is 32.4 Å². The average Bonchev–Trinajstić information content (AvgIpc) is 2.67. The summed E-state index contributed by atoms with van der Waals surface area (Å²) < 4.78 is 6.27. The van der Waals surface area contributed by atoms with Crippen LogP contribution in [0.3, 0.4) is 0 Å². The van der Waals surface area contributed by atoms with Crippen LogP contribution in [-0.2, 0) is 4.79 Å². The molecule has 0 aromatic heterocycles. The lowest BCUT2D eigenvalue weighted by atomic mass is 9.85. The van der Waals surface area contributed by atoms with E-state index in [0.29, 0.717) is 6.10 Å². The molecule has 2 unspecified atom stereocenters. The highest BCUT2D eigenvalue weighted by Crippen LogP contribution is 2.30. The van der Waals surface area contributed by atoms with Crippen LogP contribution in [0, 0.1) is 11.8 Å². The van der Waals surface area contributed by atoms with Crippen molar-refractivity contribution >= 4 is 11.6 Å². The van der Waals surface area contributed by atoms with Gasteiger partial charge in [0.25, 0.3) is 0 Å². The number of hydrogen-bond acceptors (Lipinski definition) is 4. The van der Waals surface area contributed by atoms with Crippen LogP contribution in [0.15, 0.2) is 29.4 Å². The molecule has 1 aromatic carbocycles. The Labute approximate surface area is 175 Å². The van der Waals surface area contributed by atoms with E-state index < -0.39 is 0 Å². The van der Waals surface area contributed by atoms with Crippen LogP contribution in [0.2, 0.25) is 0 Å². The summed E-state index contributed by atoms with van der Waals surface area (Å²) in [5, 5.41) is 6.34. The van der Waals surface area contributed by atoms with Crippen molar-refractivity contribution in [1.29, 1.82) is 0 Å². The minimum absolute atomic E-state index is 0.0540. The van der Waals surface area contributed by atoms with Crippen LogP contribution in [-0.4, -0.2) is 52.8 Å². The zero-order valence-corrected chi connectivity index (χ0v) is 18.3. The molecule has 0 bridgehead atoms. The summed E-state index contributed by atoms with van der Waals surface area (Å²) in [6.07, 6.45) is 6.72. The molecule has 1 saturated heterocycles. The molecule has 1 saturated carbocycles. The Morgan fingerprint density at radius 2 is 1.66 bits per heavy atom. The van der Waals surface area contributed by atoms with Crippen molar-refractivity contribution in [2.24, 2.45) is 16.9 Å². The highest BCUT2D eigenvalue weighted by Gasteiger charge is 2.35. The molecule has 0 spiro atoms. The van der Waals surface area contributed by atoms with E-state index in [4.69, 9.17) is 9.84 Å². The number of piperidine rings is 1. The van der Waals surface area contributed by atoms with Crippen LogP contribution >= 0.6 is 0 Å². The van der Waals surface area contributed by atoms with E-state index in [9.17, 15) is 4.79 Å². The predicted molar refractivity (Wildman–Crippen MR) is 116 cm³/mol. The van der Waals surface area contributed by atoms with E-state index in [0.717, 1.165) is 35.9 Å². The van der Waals surface area contributed by atoms with Crippen LogP contribution in [0.25, 0.3) is 0 Å². The fourth-order valence-corrected chi connectivity index (χ4v) is 4.61. The lowest BCUT2D eigenvalue weighted by Gasteiger charge is -2.41. The third kappa shape index (κ3) is 4.20. The van der Waals surface area contributed by atoms with Gasteiger partial charge in [0, 0.05) is 37.0 Å². The van der Waals surface area contributed by atoms with Gasteiger partial charge in [-0.2, -0.15) is 5.10 Å². The minimum atomic E-state index is -0.0540. The number of hydrazone groups is 1. The molecule has 5 heteroatoms. The molecule has 158 valence electrons. The van der Waals surface area contributed by atoms with Gasteiger partial charge in [0.1, 0.15) is 11.9 Å². The van der Waals surface area contributed by atoms with Gasteiger partial charge in [-0.05, 0) is 69.4 Å². The summed E-state index contributed by atoms with van der Waals surface area (Å²) in [4.78, 5) is 15.2.